The number of aromatic amines is 1. The van der Waals surface area contributed by atoms with E-state index in [-0.39, 0.29) is 23.7 Å². The maximum atomic E-state index is 12.9. The fraction of sp³-hybridized carbons (Fsp3) is 0.217. The first kappa shape index (κ1) is 20.9. The van der Waals surface area contributed by atoms with Gasteiger partial charge in [0.15, 0.2) is 5.16 Å². The van der Waals surface area contributed by atoms with Crippen LogP contribution in [0.2, 0.25) is 0 Å². The van der Waals surface area contributed by atoms with Gasteiger partial charge >= 0.3 is 0 Å². The van der Waals surface area contributed by atoms with E-state index in [0.29, 0.717) is 10.8 Å². The highest BCUT2D eigenvalue weighted by molar-refractivity contribution is 7.99. The number of aryl methyl sites for hydroxylation is 2. The zero-order valence-electron chi connectivity index (χ0n) is 17.0. The summed E-state index contributed by atoms with van der Waals surface area (Å²) >= 11 is 1.40. The van der Waals surface area contributed by atoms with Crippen molar-refractivity contribution in [3.8, 4) is 0 Å². The van der Waals surface area contributed by atoms with Gasteiger partial charge in [0.05, 0.1) is 11.5 Å². The molecule has 158 valence electrons. The van der Waals surface area contributed by atoms with Crippen LogP contribution in [0.15, 0.2) is 64.5 Å². The Morgan fingerprint density at radius 3 is 2.65 bits per heavy atom. The molecule has 0 spiro atoms. The summed E-state index contributed by atoms with van der Waals surface area (Å²) in [6, 6.07) is 17.4. The highest BCUT2D eigenvalue weighted by Gasteiger charge is 2.34. The number of nitrogens with one attached hydrogen (secondary N) is 3. The third-order valence-electron chi connectivity index (χ3n) is 5.12. The molecule has 1 atom stereocenters. The normalized spacial score (nSPS) is 15.1. The van der Waals surface area contributed by atoms with Crippen molar-refractivity contribution in [3.05, 3.63) is 81.6 Å². The highest BCUT2D eigenvalue weighted by atomic mass is 32.2. The van der Waals surface area contributed by atoms with Crippen molar-refractivity contribution in [3.63, 3.8) is 0 Å². The van der Waals surface area contributed by atoms with Gasteiger partial charge < -0.3 is 15.6 Å². The Labute approximate surface area is 183 Å². The second-order valence-electron chi connectivity index (χ2n) is 7.33. The van der Waals surface area contributed by atoms with Crippen molar-refractivity contribution >= 4 is 35.1 Å². The highest BCUT2D eigenvalue weighted by Crippen LogP contribution is 2.30. The number of carbonyl (C=O) groups excluding carboxylic acids is 2. The van der Waals surface area contributed by atoms with Crippen LogP contribution in [0.5, 0.6) is 0 Å². The van der Waals surface area contributed by atoms with Crippen LogP contribution in [-0.4, -0.2) is 27.5 Å². The Hall–Kier alpha value is -3.39. The Morgan fingerprint density at radius 2 is 1.87 bits per heavy atom. The van der Waals surface area contributed by atoms with Crippen LogP contribution in [0.4, 0.5) is 11.5 Å². The second kappa shape index (κ2) is 9.18. The number of aromatic nitrogens is 2. The van der Waals surface area contributed by atoms with Gasteiger partial charge in [-0.2, -0.15) is 0 Å². The molecule has 0 bridgehead atoms. The molecule has 4 rings (SSSR count). The molecule has 0 fully saturated rings. The average molecular weight is 435 g/mol. The molecule has 1 aromatic heterocycles. The van der Waals surface area contributed by atoms with Crippen LogP contribution in [0.3, 0.4) is 0 Å². The molecule has 0 saturated heterocycles. The maximum Gasteiger partial charge on any atom is 0.257 e. The molecule has 3 N–H and O–H groups in total. The Balaban J connectivity index is 1.53. The van der Waals surface area contributed by atoms with Gasteiger partial charge in [-0.3, -0.25) is 14.4 Å². The van der Waals surface area contributed by atoms with Gasteiger partial charge in [0, 0.05) is 17.9 Å². The lowest BCUT2D eigenvalue weighted by atomic mass is 9.92. The monoisotopic (exact) mass is 434 g/mol. The SMILES string of the molecule is Cc1ccccc1NC(=O)[C@@H]1CC(=O)Nc2nc(SCCc3ccccc3)[nH]c(=O)c21. The van der Waals surface area contributed by atoms with Crippen LogP contribution in [0.25, 0.3) is 0 Å². The number of fused-ring (bicyclic) bond motifs is 1. The molecular formula is C23H22N4O3S. The first-order valence-electron chi connectivity index (χ1n) is 9.98. The molecular weight excluding hydrogens is 412 g/mol. The van der Waals surface area contributed by atoms with Crippen LogP contribution in [0.1, 0.15) is 29.0 Å². The molecule has 0 aliphatic carbocycles. The number of H-pyrrole nitrogens is 1. The average Bonchev–Trinajstić information content (AvgIpc) is 2.75. The number of benzene rings is 2. The van der Waals surface area contributed by atoms with Crippen molar-refractivity contribution in [1.82, 2.24) is 9.97 Å². The van der Waals surface area contributed by atoms with Crippen LogP contribution >= 0.6 is 11.8 Å². The summed E-state index contributed by atoms with van der Waals surface area (Å²) in [5, 5.41) is 5.89. The summed E-state index contributed by atoms with van der Waals surface area (Å²) in [7, 11) is 0. The van der Waals surface area contributed by atoms with Gasteiger partial charge in [-0.15, -0.1) is 0 Å². The summed E-state index contributed by atoms with van der Waals surface area (Å²) < 4.78 is 0. The minimum atomic E-state index is -0.900. The number of anilines is 2. The number of nitrogens with zero attached hydrogens (tertiary/aromatic N) is 1. The zero-order chi connectivity index (χ0) is 21.8. The Kier molecular flexibility index (Phi) is 6.18. The molecule has 0 radical (unpaired) electrons. The number of hydrogen-bond donors (Lipinski definition) is 3. The Bertz CT molecular complexity index is 1180. The molecule has 8 heteroatoms. The lowest BCUT2D eigenvalue weighted by Crippen LogP contribution is -2.36. The summed E-state index contributed by atoms with van der Waals surface area (Å²) in [6.45, 7) is 1.88. The summed E-state index contributed by atoms with van der Waals surface area (Å²) in [6.07, 6.45) is 0.718. The minimum Gasteiger partial charge on any atom is -0.325 e. The Morgan fingerprint density at radius 1 is 1.13 bits per heavy atom. The van der Waals surface area contributed by atoms with Crippen molar-refractivity contribution in [2.24, 2.45) is 0 Å². The smallest absolute Gasteiger partial charge is 0.257 e. The van der Waals surface area contributed by atoms with E-state index in [1.54, 1.807) is 6.07 Å². The van der Waals surface area contributed by atoms with Crippen molar-refractivity contribution in [2.45, 2.75) is 30.8 Å². The van der Waals surface area contributed by atoms with Crippen molar-refractivity contribution in [2.75, 3.05) is 16.4 Å². The first-order chi connectivity index (χ1) is 15.0. The molecule has 0 unspecified atom stereocenters. The maximum absolute atomic E-state index is 12.9. The molecule has 1 aliphatic heterocycles. The third kappa shape index (κ3) is 4.86. The van der Waals surface area contributed by atoms with E-state index < -0.39 is 17.4 Å². The van der Waals surface area contributed by atoms with Gasteiger partial charge in [0.25, 0.3) is 5.56 Å². The van der Waals surface area contributed by atoms with Gasteiger partial charge in [-0.1, -0.05) is 60.3 Å². The van der Waals surface area contributed by atoms with E-state index in [1.165, 1.54) is 17.3 Å². The summed E-state index contributed by atoms with van der Waals surface area (Å²) in [5.41, 5.74) is 2.53. The van der Waals surface area contributed by atoms with Crippen LogP contribution < -0.4 is 16.2 Å². The van der Waals surface area contributed by atoms with Gasteiger partial charge in [-0.25, -0.2) is 4.98 Å². The van der Waals surface area contributed by atoms with Gasteiger partial charge in [-0.05, 0) is 30.5 Å². The minimum absolute atomic E-state index is 0.101. The fourth-order valence-electron chi connectivity index (χ4n) is 3.49. The molecule has 1 aliphatic rings. The number of hydrogen-bond acceptors (Lipinski definition) is 5. The molecule has 3 aromatic rings. The van der Waals surface area contributed by atoms with Gasteiger partial charge in [0.1, 0.15) is 5.82 Å². The molecule has 0 saturated carbocycles. The molecule has 2 amide bonds. The number of carbonyl (C=O) groups is 2. The zero-order valence-corrected chi connectivity index (χ0v) is 17.8. The van der Waals surface area contributed by atoms with E-state index in [2.05, 4.69) is 20.6 Å². The molecule has 7 nitrogen and oxygen atoms in total. The van der Waals surface area contributed by atoms with Crippen LogP contribution in [0, 0.1) is 6.92 Å². The van der Waals surface area contributed by atoms with Crippen LogP contribution in [-0.2, 0) is 16.0 Å². The topological polar surface area (TPSA) is 104 Å². The molecule has 31 heavy (non-hydrogen) atoms. The van der Waals surface area contributed by atoms with E-state index in [4.69, 9.17) is 0 Å². The number of thioether (sulfide) groups is 1. The van der Waals surface area contributed by atoms with Crippen molar-refractivity contribution < 1.29 is 9.59 Å². The standard InChI is InChI=1S/C23H22N4O3S/c1-14-7-5-6-10-17(14)24-21(29)16-13-18(28)25-20-19(16)22(30)27-23(26-20)31-12-11-15-8-3-2-4-9-15/h2-10,16H,11-13H2,1H3,(H,24,29)(H2,25,26,27,28,30)/t16-/m1/s1. The lowest BCUT2D eigenvalue weighted by Gasteiger charge is -2.23. The van der Waals surface area contributed by atoms with E-state index in [0.717, 1.165) is 17.7 Å². The van der Waals surface area contributed by atoms with E-state index in [1.807, 2.05) is 55.5 Å². The van der Waals surface area contributed by atoms with Gasteiger partial charge in [0.2, 0.25) is 11.8 Å². The quantitative estimate of drug-likeness (QED) is 0.407. The third-order valence-corrected chi connectivity index (χ3v) is 6.00. The van der Waals surface area contributed by atoms with E-state index >= 15 is 0 Å². The molecule has 2 aromatic carbocycles. The summed E-state index contributed by atoms with van der Waals surface area (Å²) in [5.74, 6) is -0.760. The predicted octanol–water partition coefficient (Wildman–Crippen LogP) is 3.48. The lowest BCUT2D eigenvalue weighted by molar-refractivity contribution is -0.123. The number of amides is 2. The molecule has 2 heterocycles. The largest absolute Gasteiger partial charge is 0.325 e. The van der Waals surface area contributed by atoms with E-state index in [9.17, 15) is 14.4 Å². The predicted molar refractivity (Wildman–Crippen MR) is 122 cm³/mol. The number of para-hydroxylation sites is 1. The van der Waals surface area contributed by atoms with Crippen molar-refractivity contribution in [1.29, 1.82) is 0 Å². The summed E-state index contributed by atoms with van der Waals surface area (Å²) in [4.78, 5) is 45.1. The number of rotatable bonds is 6. The fourth-order valence-corrected chi connectivity index (χ4v) is 4.34. The first-order valence-corrected chi connectivity index (χ1v) is 11.0. The second-order valence-corrected chi connectivity index (χ2v) is 8.41.